The van der Waals surface area contributed by atoms with Crippen LogP contribution in [0.2, 0.25) is 0 Å². The number of alkyl halides is 1. The van der Waals surface area contributed by atoms with E-state index in [-0.39, 0.29) is 16.2 Å². The minimum absolute atomic E-state index is 0.0647. The lowest BCUT2D eigenvalue weighted by molar-refractivity contribution is -0.149. The van der Waals surface area contributed by atoms with Gasteiger partial charge >= 0.3 is 5.97 Å². The molecule has 0 spiro atoms. The number of hydrogen-bond donors (Lipinski definition) is 0. The molecule has 0 aromatic heterocycles. The summed E-state index contributed by atoms with van der Waals surface area (Å²) in [7, 11) is 0. The molecule has 0 bridgehead atoms. The zero-order valence-electron chi connectivity index (χ0n) is 8.89. The van der Waals surface area contributed by atoms with Gasteiger partial charge in [-0.2, -0.15) is 0 Å². The molecule has 0 rings (SSSR count). The summed E-state index contributed by atoms with van der Waals surface area (Å²) >= 11 is 3.42. The van der Waals surface area contributed by atoms with Crippen molar-refractivity contribution in [3.63, 3.8) is 0 Å². The maximum atomic E-state index is 11.4. The van der Waals surface area contributed by atoms with Crippen LogP contribution < -0.4 is 0 Å². The first kappa shape index (κ1) is 12.9. The molecule has 0 aliphatic carbocycles. The minimum Gasteiger partial charge on any atom is -0.464 e. The molecule has 0 aromatic carbocycles. The number of carbonyl (C=O) groups is 1. The second-order valence-corrected chi connectivity index (χ2v) is 5.99. The molecule has 78 valence electrons. The highest BCUT2D eigenvalue weighted by atomic mass is 79.9. The second-order valence-electron chi connectivity index (χ2n) is 3.84. The van der Waals surface area contributed by atoms with E-state index in [4.69, 9.17) is 4.74 Å². The Bertz CT molecular complexity index is 157. The summed E-state index contributed by atoms with van der Waals surface area (Å²) in [4.78, 5) is 11.4. The number of carbonyl (C=O) groups excluding carboxylic acids is 1. The Balaban J connectivity index is 3.86. The van der Waals surface area contributed by atoms with Crippen LogP contribution in [0.4, 0.5) is 0 Å². The number of halogens is 1. The number of rotatable bonds is 5. The summed E-state index contributed by atoms with van der Waals surface area (Å²) in [5.74, 6) is -0.00706. The number of hydrogen-bond acceptors (Lipinski definition) is 2. The van der Waals surface area contributed by atoms with Gasteiger partial charge in [0, 0.05) is 0 Å². The quantitative estimate of drug-likeness (QED) is 0.554. The molecule has 0 amide bonds. The van der Waals surface area contributed by atoms with Crippen molar-refractivity contribution in [3.8, 4) is 0 Å². The molecule has 0 aromatic rings. The predicted octanol–water partition coefficient (Wildman–Crippen LogP) is 3.14. The SMILES string of the molecule is CCC(CC)C(=O)OCC(C)(C)Br. The molecule has 2 nitrogen and oxygen atoms in total. The fourth-order valence-electron chi connectivity index (χ4n) is 0.983. The summed E-state index contributed by atoms with van der Waals surface area (Å²) < 4.78 is 5.05. The first-order valence-electron chi connectivity index (χ1n) is 4.76. The van der Waals surface area contributed by atoms with E-state index in [0.29, 0.717) is 6.61 Å². The van der Waals surface area contributed by atoms with E-state index in [9.17, 15) is 4.79 Å². The van der Waals surface area contributed by atoms with Crippen molar-refractivity contribution in [1.29, 1.82) is 0 Å². The maximum absolute atomic E-state index is 11.4. The molecular weight excluding hydrogens is 232 g/mol. The summed E-state index contributed by atoms with van der Waals surface area (Å²) in [5.41, 5.74) is 0. The molecule has 0 saturated carbocycles. The first-order valence-corrected chi connectivity index (χ1v) is 5.55. The van der Waals surface area contributed by atoms with Gasteiger partial charge in [0.25, 0.3) is 0 Å². The van der Waals surface area contributed by atoms with Gasteiger partial charge in [-0.25, -0.2) is 0 Å². The van der Waals surface area contributed by atoms with Crippen LogP contribution in [0.15, 0.2) is 0 Å². The van der Waals surface area contributed by atoms with Crippen molar-refractivity contribution in [3.05, 3.63) is 0 Å². The van der Waals surface area contributed by atoms with Gasteiger partial charge < -0.3 is 4.74 Å². The average molecular weight is 251 g/mol. The van der Waals surface area contributed by atoms with Gasteiger partial charge in [-0.3, -0.25) is 4.79 Å². The minimum atomic E-state index is -0.116. The van der Waals surface area contributed by atoms with Gasteiger partial charge in [-0.1, -0.05) is 29.8 Å². The molecule has 0 atom stereocenters. The lowest BCUT2D eigenvalue weighted by atomic mass is 10.0. The fraction of sp³-hybridized carbons (Fsp3) is 0.900. The lowest BCUT2D eigenvalue weighted by Gasteiger charge is -2.18. The van der Waals surface area contributed by atoms with Crippen LogP contribution in [0, 0.1) is 5.92 Å². The molecule has 0 saturated heterocycles. The zero-order valence-corrected chi connectivity index (χ0v) is 10.5. The van der Waals surface area contributed by atoms with Crippen molar-refractivity contribution in [1.82, 2.24) is 0 Å². The van der Waals surface area contributed by atoms with E-state index in [1.165, 1.54) is 0 Å². The Morgan fingerprint density at radius 3 is 2.15 bits per heavy atom. The van der Waals surface area contributed by atoms with E-state index < -0.39 is 0 Å². The normalized spacial score (nSPS) is 11.8. The number of ether oxygens (including phenoxy) is 1. The largest absolute Gasteiger partial charge is 0.464 e. The standard InChI is InChI=1S/C10H19BrO2/c1-5-8(6-2)9(12)13-7-10(3,4)11/h8H,5-7H2,1-4H3. The average Bonchev–Trinajstić information content (AvgIpc) is 2.02. The van der Waals surface area contributed by atoms with E-state index in [1.807, 2.05) is 27.7 Å². The molecule has 0 radical (unpaired) electrons. The van der Waals surface area contributed by atoms with Gasteiger partial charge in [0.2, 0.25) is 0 Å². The number of esters is 1. The Morgan fingerprint density at radius 1 is 1.38 bits per heavy atom. The summed E-state index contributed by atoms with van der Waals surface area (Å²) in [6.07, 6.45) is 1.72. The molecule has 0 aliphatic rings. The van der Waals surface area contributed by atoms with Gasteiger partial charge in [0.15, 0.2) is 0 Å². The third-order valence-corrected chi connectivity index (χ3v) is 2.11. The van der Waals surface area contributed by atoms with E-state index in [0.717, 1.165) is 12.8 Å². The van der Waals surface area contributed by atoms with Crippen molar-refractivity contribution < 1.29 is 9.53 Å². The highest BCUT2D eigenvalue weighted by Crippen LogP contribution is 2.17. The van der Waals surface area contributed by atoms with Gasteiger partial charge in [-0.15, -0.1) is 0 Å². The van der Waals surface area contributed by atoms with Crippen molar-refractivity contribution >= 4 is 21.9 Å². The molecule has 13 heavy (non-hydrogen) atoms. The van der Waals surface area contributed by atoms with E-state index in [1.54, 1.807) is 0 Å². The summed E-state index contributed by atoms with van der Waals surface area (Å²) in [5, 5.41) is 0. The molecule has 0 aliphatic heterocycles. The van der Waals surface area contributed by atoms with Gasteiger partial charge in [0.05, 0.1) is 10.2 Å². The Kier molecular flexibility index (Phi) is 5.61. The third-order valence-electron chi connectivity index (χ3n) is 1.88. The Labute approximate surface area is 89.2 Å². The van der Waals surface area contributed by atoms with Gasteiger partial charge in [-0.05, 0) is 26.7 Å². The third kappa shape index (κ3) is 6.08. The highest BCUT2D eigenvalue weighted by molar-refractivity contribution is 9.10. The molecule has 0 N–H and O–H groups in total. The van der Waals surface area contributed by atoms with Crippen molar-refractivity contribution in [2.45, 2.75) is 44.9 Å². The van der Waals surface area contributed by atoms with Crippen LogP contribution in [0.1, 0.15) is 40.5 Å². The zero-order chi connectivity index (χ0) is 10.5. The second kappa shape index (κ2) is 5.63. The molecule has 0 heterocycles. The molecule has 0 fully saturated rings. The topological polar surface area (TPSA) is 26.3 Å². The lowest BCUT2D eigenvalue weighted by Crippen LogP contribution is -2.25. The van der Waals surface area contributed by atoms with Crippen molar-refractivity contribution in [2.24, 2.45) is 5.92 Å². The van der Waals surface area contributed by atoms with Crippen molar-refractivity contribution in [2.75, 3.05) is 6.61 Å². The maximum Gasteiger partial charge on any atom is 0.308 e. The van der Waals surface area contributed by atoms with Crippen LogP contribution in [-0.4, -0.2) is 16.9 Å². The van der Waals surface area contributed by atoms with Crippen LogP contribution in [0.3, 0.4) is 0 Å². The van der Waals surface area contributed by atoms with Gasteiger partial charge in [0.1, 0.15) is 6.61 Å². The van der Waals surface area contributed by atoms with E-state index in [2.05, 4.69) is 15.9 Å². The fourth-order valence-corrected chi connectivity index (χ4v) is 1.10. The molecule has 3 heteroatoms. The van der Waals surface area contributed by atoms with Crippen LogP contribution in [0.25, 0.3) is 0 Å². The van der Waals surface area contributed by atoms with Crippen LogP contribution in [0.5, 0.6) is 0 Å². The van der Waals surface area contributed by atoms with E-state index >= 15 is 0 Å². The molecular formula is C10H19BrO2. The Morgan fingerprint density at radius 2 is 1.85 bits per heavy atom. The van der Waals surface area contributed by atoms with Crippen LogP contribution in [-0.2, 0) is 9.53 Å². The highest BCUT2D eigenvalue weighted by Gasteiger charge is 2.20. The Hall–Kier alpha value is -0.0500. The molecule has 0 unspecified atom stereocenters. The monoisotopic (exact) mass is 250 g/mol. The predicted molar refractivity (Wildman–Crippen MR) is 58.0 cm³/mol. The first-order chi connectivity index (χ1) is 5.90. The summed E-state index contributed by atoms with van der Waals surface area (Å²) in [6.45, 7) is 8.41. The van der Waals surface area contributed by atoms with Crippen LogP contribution >= 0.6 is 15.9 Å². The smallest absolute Gasteiger partial charge is 0.308 e. The summed E-state index contributed by atoms with van der Waals surface area (Å²) in [6, 6.07) is 0.